The van der Waals surface area contributed by atoms with Gasteiger partial charge in [-0.15, -0.1) is 0 Å². The van der Waals surface area contributed by atoms with Crippen molar-refractivity contribution in [3.63, 3.8) is 0 Å². The molecule has 2 heterocycles. The van der Waals surface area contributed by atoms with Crippen LogP contribution in [0.4, 0.5) is 0 Å². The van der Waals surface area contributed by atoms with E-state index in [-0.39, 0.29) is 5.91 Å². The molecule has 134 valence electrons. The van der Waals surface area contributed by atoms with Crippen LogP contribution in [-0.4, -0.2) is 20.9 Å². The zero-order valence-electron chi connectivity index (χ0n) is 15.3. The first-order valence-corrected chi connectivity index (χ1v) is 8.85. The Labute approximate surface area is 157 Å². The Kier molecular flexibility index (Phi) is 4.42. The second-order valence-corrected chi connectivity index (χ2v) is 6.60. The van der Waals surface area contributed by atoms with Gasteiger partial charge in [0.15, 0.2) is 5.82 Å². The van der Waals surface area contributed by atoms with Crippen LogP contribution in [0.5, 0.6) is 0 Å². The van der Waals surface area contributed by atoms with Crippen LogP contribution in [0.15, 0.2) is 60.9 Å². The van der Waals surface area contributed by atoms with Crippen molar-refractivity contribution >= 4 is 16.8 Å². The maximum Gasteiger partial charge on any atom is 0.254 e. The third-order valence-electron chi connectivity index (χ3n) is 4.77. The fourth-order valence-electron chi connectivity index (χ4n) is 3.08. The minimum atomic E-state index is -0.184. The van der Waals surface area contributed by atoms with E-state index in [2.05, 4.69) is 46.2 Å². The van der Waals surface area contributed by atoms with Crippen molar-refractivity contribution in [3.8, 4) is 11.4 Å². The van der Waals surface area contributed by atoms with Gasteiger partial charge in [0.2, 0.25) is 0 Å². The average molecular weight is 356 g/mol. The van der Waals surface area contributed by atoms with E-state index in [1.54, 1.807) is 12.4 Å². The van der Waals surface area contributed by atoms with Crippen LogP contribution in [0.25, 0.3) is 22.3 Å². The molecule has 0 aliphatic heterocycles. The first kappa shape index (κ1) is 17.0. The molecule has 2 N–H and O–H groups in total. The first-order chi connectivity index (χ1) is 13.1. The van der Waals surface area contributed by atoms with Gasteiger partial charge in [0.05, 0.1) is 5.56 Å². The van der Waals surface area contributed by atoms with Crippen LogP contribution in [0.1, 0.15) is 27.2 Å². The molecule has 1 amide bonds. The minimum Gasteiger partial charge on any atom is -0.358 e. The summed E-state index contributed by atoms with van der Waals surface area (Å²) in [5, 5.41) is 4.13. The average Bonchev–Trinajstić information content (AvgIpc) is 3.00. The molecular formula is C22H20N4O. The lowest BCUT2D eigenvalue weighted by atomic mass is 10.1. The zero-order valence-corrected chi connectivity index (χ0v) is 15.3. The fourth-order valence-corrected chi connectivity index (χ4v) is 3.08. The molecule has 2 aromatic carbocycles. The van der Waals surface area contributed by atoms with Crippen molar-refractivity contribution in [1.29, 1.82) is 0 Å². The molecule has 0 unspecified atom stereocenters. The fraction of sp³-hybridized carbons (Fsp3) is 0.136. The topological polar surface area (TPSA) is 70.7 Å². The monoisotopic (exact) mass is 356 g/mol. The van der Waals surface area contributed by atoms with E-state index in [4.69, 9.17) is 0 Å². The van der Waals surface area contributed by atoms with Crippen molar-refractivity contribution in [1.82, 2.24) is 20.3 Å². The molecule has 0 aliphatic rings. The minimum absolute atomic E-state index is 0.184. The van der Waals surface area contributed by atoms with E-state index in [1.807, 2.05) is 36.4 Å². The molecule has 0 fully saturated rings. The van der Waals surface area contributed by atoms with Crippen molar-refractivity contribution in [3.05, 3.63) is 83.3 Å². The van der Waals surface area contributed by atoms with Gasteiger partial charge < -0.3 is 10.3 Å². The van der Waals surface area contributed by atoms with Crippen LogP contribution in [0.3, 0.4) is 0 Å². The van der Waals surface area contributed by atoms with Gasteiger partial charge in [-0.2, -0.15) is 0 Å². The molecule has 4 aromatic rings. The van der Waals surface area contributed by atoms with E-state index in [0.29, 0.717) is 17.9 Å². The lowest BCUT2D eigenvalue weighted by Crippen LogP contribution is -2.23. The number of carbonyl (C=O) groups excluding carboxylic acids is 1. The highest BCUT2D eigenvalue weighted by Gasteiger charge is 2.09. The quantitative estimate of drug-likeness (QED) is 0.576. The third kappa shape index (κ3) is 3.44. The summed E-state index contributed by atoms with van der Waals surface area (Å²) in [6, 6.07) is 15.9. The molecule has 0 saturated carbocycles. The molecule has 2 aromatic heterocycles. The normalized spacial score (nSPS) is 10.9. The Morgan fingerprint density at radius 3 is 2.52 bits per heavy atom. The summed E-state index contributed by atoms with van der Waals surface area (Å²) in [4.78, 5) is 24.4. The van der Waals surface area contributed by atoms with E-state index in [9.17, 15) is 4.79 Å². The number of hydrogen-bond acceptors (Lipinski definition) is 3. The molecule has 0 atom stereocenters. The van der Waals surface area contributed by atoms with Crippen molar-refractivity contribution in [2.24, 2.45) is 0 Å². The van der Waals surface area contributed by atoms with Crippen LogP contribution in [-0.2, 0) is 6.54 Å². The first-order valence-electron chi connectivity index (χ1n) is 8.85. The largest absolute Gasteiger partial charge is 0.358 e. The summed E-state index contributed by atoms with van der Waals surface area (Å²) in [6.07, 6.45) is 3.13. The summed E-state index contributed by atoms with van der Waals surface area (Å²) >= 11 is 0. The Balaban J connectivity index is 1.45. The van der Waals surface area contributed by atoms with E-state index >= 15 is 0 Å². The summed E-state index contributed by atoms with van der Waals surface area (Å²) in [6.45, 7) is 4.62. The van der Waals surface area contributed by atoms with Crippen molar-refractivity contribution in [2.45, 2.75) is 20.4 Å². The van der Waals surface area contributed by atoms with Crippen LogP contribution < -0.4 is 5.32 Å². The Morgan fingerprint density at radius 2 is 1.78 bits per heavy atom. The maximum absolute atomic E-state index is 12.4. The van der Waals surface area contributed by atoms with Gasteiger partial charge in [0, 0.05) is 41.1 Å². The number of nitrogens with one attached hydrogen (secondary N) is 2. The number of carbonyl (C=O) groups is 1. The summed E-state index contributed by atoms with van der Waals surface area (Å²) < 4.78 is 0. The smallest absolute Gasteiger partial charge is 0.254 e. The highest BCUT2D eigenvalue weighted by Crippen LogP contribution is 2.22. The second kappa shape index (κ2) is 7.03. The van der Waals surface area contributed by atoms with Gasteiger partial charge in [-0.05, 0) is 37.1 Å². The molecule has 0 spiro atoms. The number of rotatable bonds is 4. The van der Waals surface area contributed by atoms with Gasteiger partial charge in [-0.3, -0.25) is 4.79 Å². The SMILES string of the molecule is Cc1[nH]c2ccc(CNC(=O)c3cnc(-c4ccccc4)nc3)cc2c1C. The summed E-state index contributed by atoms with van der Waals surface area (Å²) in [5.41, 5.74) is 5.95. The Bertz CT molecular complexity index is 1100. The van der Waals surface area contributed by atoms with Gasteiger partial charge in [-0.25, -0.2) is 9.97 Å². The highest BCUT2D eigenvalue weighted by atomic mass is 16.1. The highest BCUT2D eigenvalue weighted by molar-refractivity contribution is 5.93. The number of hydrogen-bond donors (Lipinski definition) is 2. The summed E-state index contributed by atoms with van der Waals surface area (Å²) in [5.74, 6) is 0.424. The lowest BCUT2D eigenvalue weighted by molar-refractivity contribution is 0.0950. The number of H-pyrrole nitrogens is 1. The number of aromatic amines is 1. The number of aromatic nitrogens is 3. The maximum atomic E-state index is 12.4. The number of nitrogens with zero attached hydrogens (tertiary/aromatic N) is 2. The van der Waals surface area contributed by atoms with Crippen LogP contribution >= 0.6 is 0 Å². The molecule has 27 heavy (non-hydrogen) atoms. The molecule has 5 nitrogen and oxygen atoms in total. The van der Waals surface area contributed by atoms with Crippen molar-refractivity contribution < 1.29 is 4.79 Å². The summed E-state index contributed by atoms with van der Waals surface area (Å²) in [7, 11) is 0. The Hall–Kier alpha value is -3.47. The second-order valence-electron chi connectivity index (χ2n) is 6.60. The number of aryl methyl sites for hydroxylation is 2. The van der Waals surface area contributed by atoms with E-state index in [0.717, 1.165) is 16.6 Å². The predicted molar refractivity (Wildman–Crippen MR) is 106 cm³/mol. The third-order valence-corrected chi connectivity index (χ3v) is 4.77. The number of amides is 1. The standard InChI is InChI=1S/C22H20N4O/c1-14-15(2)26-20-9-8-16(10-19(14)20)11-25-22(27)18-12-23-21(24-13-18)17-6-4-3-5-7-17/h3-10,12-13,26H,11H2,1-2H3,(H,25,27). The molecular weight excluding hydrogens is 336 g/mol. The van der Waals surface area contributed by atoms with Gasteiger partial charge in [-0.1, -0.05) is 36.4 Å². The van der Waals surface area contributed by atoms with Gasteiger partial charge in [0.1, 0.15) is 0 Å². The van der Waals surface area contributed by atoms with Crippen LogP contribution in [0, 0.1) is 13.8 Å². The molecule has 0 bridgehead atoms. The molecule has 0 radical (unpaired) electrons. The molecule has 5 heteroatoms. The molecule has 4 rings (SSSR count). The van der Waals surface area contributed by atoms with Gasteiger partial charge in [0.25, 0.3) is 5.91 Å². The zero-order chi connectivity index (χ0) is 18.8. The van der Waals surface area contributed by atoms with Crippen LogP contribution in [0.2, 0.25) is 0 Å². The van der Waals surface area contributed by atoms with E-state index < -0.39 is 0 Å². The van der Waals surface area contributed by atoms with E-state index in [1.165, 1.54) is 16.6 Å². The van der Waals surface area contributed by atoms with Crippen molar-refractivity contribution in [2.75, 3.05) is 0 Å². The molecule has 0 aliphatic carbocycles. The number of fused-ring (bicyclic) bond motifs is 1. The predicted octanol–water partition coefficient (Wildman–Crippen LogP) is 4.17. The Morgan fingerprint density at radius 1 is 1.04 bits per heavy atom. The molecule has 0 saturated heterocycles. The number of benzene rings is 2. The van der Waals surface area contributed by atoms with Gasteiger partial charge >= 0.3 is 0 Å². The lowest BCUT2D eigenvalue weighted by Gasteiger charge is -2.06.